The molecule has 1 aromatic carbocycles. The number of urea groups is 1. The fourth-order valence-electron chi connectivity index (χ4n) is 1.68. The molecule has 0 aromatic heterocycles. The van der Waals surface area contributed by atoms with E-state index in [0.717, 1.165) is 0 Å². The van der Waals surface area contributed by atoms with E-state index in [9.17, 15) is 14.4 Å². The third-order valence-corrected chi connectivity index (χ3v) is 2.44. The van der Waals surface area contributed by atoms with Crippen LogP contribution in [0, 0.1) is 0 Å². The number of hydrogen-bond acceptors (Lipinski definition) is 3. The molecule has 1 aromatic rings. The minimum absolute atomic E-state index is 0.00438. The molecule has 1 rings (SSSR count). The van der Waals surface area contributed by atoms with Crippen LogP contribution in [0.2, 0.25) is 0 Å². The van der Waals surface area contributed by atoms with Crippen LogP contribution in [0.5, 0.6) is 0 Å². The van der Waals surface area contributed by atoms with Crippen molar-refractivity contribution in [3.05, 3.63) is 29.8 Å². The minimum Gasteiger partial charge on any atom is -0.478 e. The molecule has 0 atom stereocenters. The smallest absolute Gasteiger partial charge is 0.335 e. The highest BCUT2D eigenvalue weighted by molar-refractivity contribution is 5.93. The molecule has 0 heterocycles. The van der Waals surface area contributed by atoms with E-state index in [0.29, 0.717) is 5.69 Å². The Morgan fingerprint density at radius 2 is 1.95 bits per heavy atom. The number of carboxylic acid groups (broad SMARTS) is 1. The molecule has 5 N–H and O–H groups in total. The van der Waals surface area contributed by atoms with Crippen molar-refractivity contribution in [3.63, 3.8) is 0 Å². The van der Waals surface area contributed by atoms with Gasteiger partial charge in [0.1, 0.15) is 0 Å². The third-order valence-electron chi connectivity index (χ3n) is 2.44. The topological polar surface area (TPSA) is 122 Å². The van der Waals surface area contributed by atoms with Crippen LogP contribution in [0.4, 0.5) is 10.5 Å². The van der Waals surface area contributed by atoms with E-state index < -0.39 is 23.4 Å². The molecule has 0 saturated carbocycles. The Morgan fingerprint density at radius 3 is 2.50 bits per heavy atom. The Kier molecular flexibility index (Phi) is 4.68. The number of carbonyl (C=O) groups excluding carboxylic acids is 2. The zero-order chi connectivity index (χ0) is 15.3. The van der Waals surface area contributed by atoms with E-state index in [1.807, 2.05) is 0 Å². The average molecular weight is 279 g/mol. The Balaban J connectivity index is 2.69. The molecule has 7 nitrogen and oxygen atoms in total. The highest BCUT2D eigenvalue weighted by Crippen LogP contribution is 2.12. The van der Waals surface area contributed by atoms with E-state index in [4.69, 9.17) is 10.8 Å². The molecular weight excluding hydrogens is 262 g/mol. The normalized spacial score (nSPS) is 10.7. The van der Waals surface area contributed by atoms with Crippen LogP contribution in [0.15, 0.2) is 24.3 Å². The van der Waals surface area contributed by atoms with Gasteiger partial charge in [-0.05, 0) is 32.0 Å². The summed E-state index contributed by atoms with van der Waals surface area (Å²) in [6.07, 6.45) is -0.00438. The number of carbonyl (C=O) groups is 3. The third kappa shape index (κ3) is 4.97. The van der Waals surface area contributed by atoms with Crippen molar-refractivity contribution >= 4 is 23.6 Å². The van der Waals surface area contributed by atoms with Gasteiger partial charge < -0.3 is 21.5 Å². The maximum atomic E-state index is 11.8. The molecular formula is C13H17N3O4. The SMILES string of the molecule is CC(C)(CC(N)=O)NC(=O)Nc1cccc(C(=O)O)c1. The molecule has 3 amide bonds. The number of nitrogens with two attached hydrogens (primary N) is 1. The summed E-state index contributed by atoms with van der Waals surface area (Å²) in [5.74, 6) is -1.61. The second-order valence-electron chi connectivity index (χ2n) is 4.99. The highest BCUT2D eigenvalue weighted by Gasteiger charge is 2.22. The van der Waals surface area contributed by atoms with Crippen LogP contribution in [-0.2, 0) is 4.79 Å². The lowest BCUT2D eigenvalue weighted by Gasteiger charge is -2.24. The van der Waals surface area contributed by atoms with E-state index in [1.165, 1.54) is 18.2 Å². The molecule has 0 bridgehead atoms. The lowest BCUT2D eigenvalue weighted by Crippen LogP contribution is -2.47. The number of amides is 3. The van der Waals surface area contributed by atoms with Gasteiger partial charge in [-0.15, -0.1) is 0 Å². The Labute approximate surface area is 116 Å². The highest BCUT2D eigenvalue weighted by atomic mass is 16.4. The molecule has 0 saturated heterocycles. The minimum atomic E-state index is -1.08. The van der Waals surface area contributed by atoms with Crippen molar-refractivity contribution in [1.29, 1.82) is 0 Å². The van der Waals surface area contributed by atoms with Gasteiger partial charge in [0, 0.05) is 17.6 Å². The van der Waals surface area contributed by atoms with Crippen LogP contribution < -0.4 is 16.4 Å². The summed E-state index contributed by atoms with van der Waals surface area (Å²) < 4.78 is 0. The first kappa shape index (κ1) is 15.5. The van der Waals surface area contributed by atoms with Crippen LogP contribution in [0.3, 0.4) is 0 Å². The van der Waals surface area contributed by atoms with Crippen LogP contribution >= 0.6 is 0 Å². The van der Waals surface area contributed by atoms with Crippen LogP contribution in [0.1, 0.15) is 30.6 Å². The van der Waals surface area contributed by atoms with Gasteiger partial charge in [-0.25, -0.2) is 9.59 Å². The predicted octanol–water partition coefficient (Wildman–Crippen LogP) is 1.16. The first-order valence-corrected chi connectivity index (χ1v) is 5.90. The summed E-state index contributed by atoms with van der Waals surface area (Å²) in [6.45, 7) is 3.32. The molecule has 0 fully saturated rings. The number of rotatable bonds is 5. The number of nitrogens with one attached hydrogen (secondary N) is 2. The number of benzene rings is 1. The van der Waals surface area contributed by atoms with Gasteiger partial charge >= 0.3 is 12.0 Å². The number of anilines is 1. The lowest BCUT2D eigenvalue weighted by molar-refractivity contribution is -0.119. The van der Waals surface area contributed by atoms with Crippen molar-refractivity contribution in [2.24, 2.45) is 5.73 Å². The van der Waals surface area contributed by atoms with Crippen molar-refractivity contribution in [1.82, 2.24) is 5.32 Å². The number of primary amides is 1. The fraction of sp³-hybridized carbons (Fsp3) is 0.308. The zero-order valence-corrected chi connectivity index (χ0v) is 11.3. The quantitative estimate of drug-likeness (QED) is 0.646. The lowest BCUT2D eigenvalue weighted by atomic mass is 10.0. The largest absolute Gasteiger partial charge is 0.478 e. The molecule has 0 radical (unpaired) electrons. The second-order valence-corrected chi connectivity index (χ2v) is 4.99. The van der Waals surface area contributed by atoms with Crippen LogP contribution in [-0.4, -0.2) is 28.6 Å². The molecule has 7 heteroatoms. The summed E-state index contributed by atoms with van der Waals surface area (Å²) in [6, 6.07) is 5.30. The first-order valence-electron chi connectivity index (χ1n) is 5.90. The monoisotopic (exact) mass is 279 g/mol. The molecule has 0 unspecified atom stereocenters. The van der Waals surface area contributed by atoms with Crippen molar-refractivity contribution in [2.45, 2.75) is 25.8 Å². The average Bonchev–Trinajstić information content (AvgIpc) is 2.25. The molecule has 0 aliphatic heterocycles. The van der Waals surface area contributed by atoms with Gasteiger partial charge in [0.25, 0.3) is 0 Å². The number of carboxylic acids is 1. The Morgan fingerprint density at radius 1 is 1.30 bits per heavy atom. The Bertz CT molecular complexity index is 540. The molecule has 0 spiro atoms. The second kappa shape index (κ2) is 6.05. The van der Waals surface area contributed by atoms with Gasteiger partial charge in [-0.1, -0.05) is 6.07 Å². The molecule has 0 aliphatic rings. The summed E-state index contributed by atoms with van der Waals surface area (Å²) in [5.41, 5.74) is 4.71. The van der Waals surface area contributed by atoms with Gasteiger partial charge in [-0.2, -0.15) is 0 Å². The first-order chi connectivity index (χ1) is 9.19. The summed E-state index contributed by atoms with van der Waals surface area (Å²) in [4.78, 5) is 33.4. The maximum Gasteiger partial charge on any atom is 0.335 e. The van der Waals surface area contributed by atoms with E-state index in [2.05, 4.69) is 10.6 Å². The van der Waals surface area contributed by atoms with E-state index in [-0.39, 0.29) is 12.0 Å². The van der Waals surface area contributed by atoms with Gasteiger partial charge in [0.15, 0.2) is 0 Å². The van der Waals surface area contributed by atoms with E-state index in [1.54, 1.807) is 19.9 Å². The standard InChI is InChI=1S/C13H17N3O4/c1-13(2,7-10(14)17)16-12(20)15-9-5-3-4-8(6-9)11(18)19/h3-6H,7H2,1-2H3,(H2,14,17)(H,18,19)(H2,15,16,20). The van der Waals surface area contributed by atoms with Gasteiger partial charge in [-0.3, -0.25) is 4.79 Å². The number of aromatic carboxylic acids is 1. The van der Waals surface area contributed by atoms with Gasteiger partial charge in [0.05, 0.1) is 5.56 Å². The van der Waals surface area contributed by atoms with E-state index >= 15 is 0 Å². The zero-order valence-electron chi connectivity index (χ0n) is 11.3. The van der Waals surface area contributed by atoms with Gasteiger partial charge in [0.2, 0.25) is 5.91 Å². The van der Waals surface area contributed by atoms with Crippen LogP contribution in [0.25, 0.3) is 0 Å². The number of hydrogen-bond donors (Lipinski definition) is 4. The molecule has 0 aliphatic carbocycles. The van der Waals surface area contributed by atoms with Crippen molar-refractivity contribution < 1.29 is 19.5 Å². The summed E-state index contributed by atoms with van der Waals surface area (Å²) >= 11 is 0. The molecule has 108 valence electrons. The summed E-state index contributed by atoms with van der Waals surface area (Å²) in [5, 5.41) is 13.9. The fourth-order valence-corrected chi connectivity index (χ4v) is 1.68. The predicted molar refractivity (Wildman–Crippen MR) is 73.4 cm³/mol. The van der Waals surface area contributed by atoms with Crippen molar-refractivity contribution in [3.8, 4) is 0 Å². The maximum absolute atomic E-state index is 11.8. The Hall–Kier alpha value is -2.57. The molecule has 20 heavy (non-hydrogen) atoms. The van der Waals surface area contributed by atoms with Crippen molar-refractivity contribution in [2.75, 3.05) is 5.32 Å². The summed E-state index contributed by atoms with van der Waals surface area (Å²) in [7, 11) is 0.